The minimum absolute atomic E-state index is 0.0719. The zero-order valence-corrected chi connectivity index (χ0v) is 12.6. The molecule has 0 radical (unpaired) electrons. The lowest BCUT2D eigenvalue weighted by Crippen LogP contribution is -2.11. The number of carbonyl (C=O) groups excluding carboxylic acids is 1. The van der Waals surface area contributed by atoms with Crippen LogP contribution >= 0.6 is 0 Å². The molecule has 0 spiro atoms. The van der Waals surface area contributed by atoms with Crippen molar-refractivity contribution in [1.29, 1.82) is 0 Å². The molecule has 0 heterocycles. The van der Waals surface area contributed by atoms with Crippen LogP contribution in [0.3, 0.4) is 0 Å². The second kappa shape index (κ2) is 5.84. The number of rotatable bonds is 5. The Labute approximate surface area is 114 Å². The Morgan fingerprint density at radius 1 is 1.21 bits per heavy atom. The van der Waals surface area contributed by atoms with E-state index in [2.05, 4.69) is 0 Å². The molecule has 1 aromatic rings. The summed E-state index contributed by atoms with van der Waals surface area (Å²) >= 11 is 0. The largest absolute Gasteiger partial charge is 0.299 e. The molecule has 0 aliphatic heterocycles. The van der Waals surface area contributed by atoms with Gasteiger partial charge in [-0.3, -0.25) is 9.35 Å². The van der Waals surface area contributed by atoms with Crippen molar-refractivity contribution in [3.05, 3.63) is 28.3 Å². The van der Waals surface area contributed by atoms with E-state index < -0.39 is 10.1 Å². The third-order valence-corrected chi connectivity index (χ3v) is 4.37. The van der Waals surface area contributed by atoms with Gasteiger partial charge in [0, 0.05) is 12.8 Å². The molecule has 0 unspecified atom stereocenters. The highest BCUT2D eigenvalue weighted by atomic mass is 32.2. The minimum atomic E-state index is -4.26. The van der Waals surface area contributed by atoms with Gasteiger partial charge < -0.3 is 0 Å². The van der Waals surface area contributed by atoms with Crippen molar-refractivity contribution in [1.82, 2.24) is 0 Å². The molecule has 0 amide bonds. The number of hydrogen-bond acceptors (Lipinski definition) is 3. The van der Waals surface area contributed by atoms with Crippen LogP contribution in [0.4, 0.5) is 0 Å². The van der Waals surface area contributed by atoms with Crippen molar-refractivity contribution in [2.75, 3.05) is 0 Å². The average Bonchev–Trinajstić information content (AvgIpc) is 2.22. The van der Waals surface area contributed by atoms with Gasteiger partial charge in [-0.25, -0.2) is 0 Å². The van der Waals surface area contributed by atoms with Crippen molar-refractivity contribution >= 4 is 15.9 Å². The number of aryl methyl sites for hydroxylation is 2. The van der Waals surface area contributed by atoms with Crippen LogP contribution in [-0.4, -0.2) is 18.8 Å². The maximum absolute atomic E-state index is 11.8. The van der Waals surface area contributed by atoms with Crippen molar-refractivity contribution in [2.24, 2.45) is 0 Å². The first kappa shape index (κ1) is 15.9. The summed E-state index contributed by atoms with van der Waals surface area (Å²) in [5.74, 6) is 0.0823. The summed E-state index contributed by atoms with van der Waals surface area (Å²) in [5.41, 5.74) is 2.57. The molecule has 1 aromatic carbocycles. The van der Waals surface area contributed by atoms with Crippen LogP contribution in [0, 0.1) is 20.8 Å². The lowest BCUT2D eigenvalue weighted by atomic mass is 9.94. The normalized spacial score (nSPS) is 11.6. The van der Waals surface area contributed by atoms with E-state index in [-0.39, 0.29) is 17.1 Å². The Kier molecular flexibility index (Phi) is 4.87. The molecule has 1 N–H and O–H groups in total. The highest BCUT2D eigenvalue weighted by molar-refractivity contribution is 7.86. The van der Waals surface area contributed by atoms with Crippen molar-refractivity contribution in [3.63, 3.8) is 0 Å². The Bertz CT molecular complexity index is 600. The van der Waals surface area contributed by atoms with E-state index >= 15 is 0 Å². The summed E-state index contributed by atoms with van der Waals surface area (Å²) < 4.78 is 32.1. The van der Waals surface area contributed by atoms with Gasteiger partial charge in [-0.05, 0) is 49.4 Å². The topological polar surface area (TPSA) is 71.4 Å². The molecule has 4 nitrogen and oxygen atoms in total. The van der Waals surface area contributed by atoms with Gasteiger partial charge in [0.1, 0.15) is 5.78 Å². The number of carbonyl (C=O) groups is 1. The highest BCUT2D eigenvalue weighted by Gasteiger charge is 2.21. The quantitative estimate of drug-likeness (QED) is 0.844. The fraction of sp³-hybridized carbons (Fsp3) is 0.500. The number of benzene rings is 1. The summed E-state index contributed by atoms with van der Waals surface area (Å²) in [6.07, 6.45) is 1.47. The summed E-state index contributed by atoms with van der Waals surface area (Å²) in [5, 5.41) is 0. The summed E-state index contributed by atoms with van der Waals surface area (Å²) in [7, 11) is -4.26. The number of hydrogen-bond donors (Lipinski definition) is 1. The Hall–Kier alpha value is -1.20. The molecule has 0 fully saturated rings. The Morgan fingerprint density at radius 2 is 1.79 bits per heavy atom. The first-order chi connectivity index (χ1) is 8.68. The monoisotopic (exact) mass is 284 g/mol. The van der Waals surface area contributed by atoms with Crippen LogP contribution in [0.25, 0.3) is 0 Å². The number of Topliss-reactive ketones (excluding diaryl/α,β-unsaturated/α-hetero) is 1. The maximum Gasteiger partial charge on any atom is 0.295 e. The van der Waals surface area contributed by atoms with Gasteiger partial charge in [0.15, 0.2) is 0 Å². The highest BCUT2D eigenvalue weighted by Crippen LogP contribution is 2.27. The van der Waals surface area contributed by atoms with Gasteiger partial charge in [-0.15, -0.1) is 0 Å². The van der Waals surface area contributed by atoms with E-state index in [4.69, 9.17) is 0 Å². The predicted octanol–water partition coefficient (Wildman–Crippen LogP) is 2.77. The van der Waals surface area contributed by atoms with Gasteiger partial charge in [0.05, 0.1) is 4.90 Å². The van der Waals surface area contributed by atoms with E-state index in [9.17, 15) is 17.8 Å². The summed E-state index contributed by atoms with van der Waals surface area (Å²) in [6, 6.07) is 1.70. The van der Waals surface area contributed by atoms with Crippen LogP contribution in [0.5, 0.6) is 0 Å². The summed E-state index contributed by atoms with van der Waals surface area (Å²) in [6.45, 7) is 7.05. The van der Waals surface area contributed by atoms with E-state index in [0.717, 1.165) is 12.0 Å². The first-order valence-electron chi connectivity index (χ1n) is 6.27. The zero-order valence-electron chi connectivity index (χ0n) is 11.8. The molecule has 19 heavy (non-hydrogen) atoms. The molecule has 0 aliphatic rings. The average molecular weight is 284 g/mol. The molecule has 1 rings (SSSR count). The standard InChI is InChI=1S/C14H20O4S/c1-5-6-12(15)8-13-9(2)7-10(3)14(11(13)4)19(16,17)18/h7H,5-6,8H2,1-4H3,(H,16,17,18). The molecule has 5 heteroatoms. The van der Waals surface area contributed by atoms with Gasteiger partial charge in [0.25, 0.3) is 10.1 Å². The fourth-order valence-electron chi connectivity index (χ4n) is 2.44. The molecular formula is C14H20O4S. The van der Waals surface area contributed by atoms with Crippen molar-refractivity contribution in [2.45, 2.75) is 51.9 Å². The first-order valence-corrected chi connectivity index (χ1v) is 7.71. The van der Waals surface area contributed by atoms with Gasteiger partial charge in [0.2, 0.25) is 0 Å². The van der Waals surface area contributed by atoms with E-state index in [1.807, 2.05) is 13.8 Å². The lowest BCUT2D eigenvalue weighted by Gasteiger charge is -2.15. The van der Waals surface area contributed by atoms with E-state index in [0.29, 0.717) is 23.1 Å². The van der Waals surface area contributed by atoms with Gasteiger partial charge in [-0.2, -0.15) is 8.42 Å². The van der Waals surface area contributed by atoms with Crippen LogP contribution in [0.15, 0.2) is 11.0 Å². The number of ketones is 1. The van der Waals surface area contributed by atoms with E-state index in [1.165, 1.54) is 0 Å². The summed E-state index contributed by atoms with van der Waals surface area (Å²) in [4.78, 5) is 11.7. The van der Waals surface area contributed by atoms with Crippen LogP contribution in [0.2, 0.25) is 0 Å². The molecule has 0 bridgehead atoms. The predicted molar refractivity (Wildman–Crippen MR) is 74.1 cm³/mol. The molecule has 106 valence electrons. The molecular weight excluding hydrogens is 264 g/mol. The third kappa shape index (κ3) is 3.64. The zero-order chi connectivity index (χ0) is 14.8. The maximum atomic E-state index is 11.8. The van der Waals surface area contributed by atoms with Crippen LogP contribution < -0.4 is 0 Å². The van der Waals surface area contributed by atoms with Crippen molar-refractivity contribution in [3.8, 4) is 0 Å². The van der Waals surface area contributed by atoms with E-state index in [1.54, 1.807) is 19.9 Å². The Morgan fingerprint density at radius 3 is 2.26 bits per heavy atom. The lowest BCUT2D eigenvalue weighted by molar-refractivity contribution is -0.118. The minimum Gasteiger partial charge on any atom is -0.299 e. The SMILES string of the molecule is CCCC(=O)Cc1c(C)cc(C)c(S(=O)(=O)O)c1C. The van der Waals surface area contributed by atoms with Crippen LogP contribution in [0.1, 0.15) is 42.0 Å². The third-order valence-electron chi connectivity index (χ3n) is 3.22. The molecule has 0 aliphatic carbocycles. The van der Waals surface area contributed by atoms with Crippen molar-refractivity contribution < 1.29 is 17.8 Å². The fourth-order valence-corrected chi connectivity index (χ4v) is 3.42. The molecule has 0 saturated heterocycles. The second-order valence-electron chi connectivity index (χ2n) is 4.88. The smallest absolute Gasteiger partial charge is 0.295 e. The van der Waals surface area contributed by atoms with Crippen LogP contribution in [-0.2, 0) is 21.3 Å². The molecule has 0 atom stereocenters. The Balaban J connectivity index is 3.38. The van der Waals surface area contributed by atoms with Gasteiger partial charge >= 0.3 is 0 Å². The van der Waals surface area contributed by atoms with Gasteiger partial charge in [-0.1, -0.05) is 13.0 Å². The second-order valence-corrected chi connectivity index (χ2v) is 6.24. The molecule has 0 aromatic heterocycles. The molecule has 0 saturated carbocycles.